The first-order valence-corrected chi connectivity index (χ1v) is 4.98. The van der Waals surface area contributed by atoms with Gasteiger partial charge in [-0.1, -0.05) is 13.8 Å². The van der Waals surface area contributed by atoms with E-state index in [1.807, 2.05) is 33.8 Å². The predicted molar refractivity (Wildman–Crippen MR) is 56.1 cm³/mol. The van der Waals surface area contributed by atoms with Gasteiger partial charge in [0, 0.05) is 17.8 Å². The summed E-state index contributed by atoms with van der Waals surface area (Å²) in [5, 5.41) is 9.70. The zero-order chi connectivity index (χ0) is 10.7. The zero-order valence-corrected chi connectivity index (χ0v) is 9.28. The van der Waals surface area contributed by atoms with Gasteiger partial charge in [-0.3, -0.25) is 0 Å². The van der Waals surface area contributed by atoms with Crippen LogP contribution in [0.4, 0.5) is 0 Å². The lowest BCUT2D eigenvalue weighted by atomic mass is 10.0. The van der Waals surface area contributed by atoms with Crippen molar-refractivity contribution in [1.29, 1.82) is 0 Å². The smallest absolute Gasteiger partial charge is 0.125 e. The van der Waals surface area contributed by atoms with Crippen LogP contribution in [0.3, 0.4) is 0 Å². The molecule has 1 aromatic rings. The lowest BCUT2D eigenvalue weighted by Gasteiger charge is -2.13. The molecule has 1 unspecified atom stereocenters. The molecule has 14 heavy (non-hydrogen) atoms. The molecule has 1 aromatic heterocycles. The summed E-state index contributed by atoms with van der Waals surface area (Å²) in [6.45, 7) is 7.83. The first-order chi connectivity index (χ1) is 6.49. The van der Waals surface area contributed by atoms with Gasteiger partial charge >= 0.3 is 0 Å². The summed E-state index contributed by atoms with van der Waals surface area (Å²) in [7, 11) is 0. The van der Waals surface area contributed by atoms with Crippen molar-refractivity contribution < 1.29 is 5.11 Å². The number of aromatic nitrogens is 2. The monoisotopic (exact) mass is 194 g/mol. The Morgan fingerprint density at radius 3 is 2.43 bits per heavy atom. The Hall–Kier alpha value is -0.960. The van der Waals surface area contributed by atoms with Crippen molar-refractivity contribution in [3.63, 3.8) is 0 Å². The van der Waals surface area contributed by atoms with Crippen molar-refractivity contribution in [2.45, 2.75) is 40.2 Å². The summed E-state index contributed by atoms with van der Waals surface area (Å²) in [6, 6.07) is 1.93. The van der Waals surface area contributed by atoms with Gasteiger partial charge in [-0.05, 0) is 25.8 Å². The third-order valence-corrected chi connectivity index (χ3v) is 2.21. The van der Waals surface area contributed by atoms with Crippen LogP contribution in [-0.2, 0) is 6.42 Å². The molecule has 0 saturated carbocycles. The minimum atomic E-state index is -0.316. The average Bonchev–Trinajstić information content (AvgIpc) is 2.01. The van der Waals surface area contributed by atoms with Crippen LogP contribution in [0.15, 0.2) is 6.07 Å². The molecule has 0 spiro atoms. The van der Waals surface area contributed by atoms with Crippen molar-refractivity contribution in [2.24, 2.45) is 5.92 Å². The third-order valence-electron chi connectivity index (χ3n) is 2.21. The van der Waals surface area contributed by atoms with Crippen molar-refractivity contribution in [3.8, 4) is 0 Å². The minimum Gasteiger partial charge on any atom is -0.392 e. The Bertz CT molecular complexity index is 290. The predicted octanol–water partition coefficient (Wildman–Crippen LogP) is 1.65. The van der Waals surface area contributed by atoms with Crippen molar-refractivity contribution in [1.82, 2.24) is 9.97 Å². The normalized spacial score (nSPS) is 13.3. The lowest BCUT2D eigenvalue weighted by molar-refractivity contribution is 0.124. The summed E-state index contributed by atoms with van der Waals surface area (Å²) in [4.78, 5) is 8.48. The molecule has 0 saturated heterocycles. The van der Waals surface area contributed by atoms with Gasteiger partial charge in [0.25, 0.3) is 0 Å². The highest BCUT2D eigenvalue weighted by molar-refractivity contribution is 5.10. The number of nitrogens with zero attached hydrogens (tertiary/aromatic N) is 2. The molecule has 0 aliphatic carbocycles. The second-order valence-electron chi connectivity index (χ2n) is 4.06. The number of hydrogen-bond acceptors (Lipinski definition) is 3. The summed E-state index contributed by atoms with van der Waals surface area (Å²) < 4.78 is 0. The fourth-order valence-electron chi connectivity index (χ4n) is 1.35. The highest BCUT2D eigenvalue weighted by atomic mass is 16.3. The van der Waals surface area contributed by atoms with E-state index in [4.69, 9.17) is 0 Å². The number of aliphatic hydroxyl groups is 1. The van der Waals surface area contributed by atoms with Gasteiger partial charge in [-0.2, -0.15) is 0 Å². The molecular formula is C11H18N2O. The van der Waals surface area contributed by atoms with E-state index < -0.39 is 0 Å². The Morgan fingerprint density at radius 2 is 1.93 bits per heavy atom. The molecule has 1 N–H and O–H groups in total. The average molecular weight is 194 g/mol. The number of aliphatic hydroxyl groups excluding tert-OH is 1. The Morgan fingerprint density at radius 1 is 1.29 bits per heavy atom. The first-order valence-electron chi connectivity index (χ1n) is 4.98. The molecule has 0 bridgehead atoms. The van der Waals surface area contributed by atoms with E-state index in [-0.39, 0.29) is 12.0 Å². The van der Waals surface area contributed by atoms with E-state index in [9.17, 15) is 5.11 Å². The highest BCUT2D eigenvalue weighted by Crippen LogP contribution is 2.09. The number of rotatable bonds is 3. The SMILES string of the molecule is Cc1cc(CC(O)C(C)C)nc(C)n1. The topological polar surface area (TPSA) is 46.0 Å². The first kappa shape index (κ1) is 11.1. The molecule has 0 aromatic carbocycles. The standard InChI is InChI=1S/C11H18N2O/c1-7(2)11(14)6-10-5-8(3)12-9(4)13-10/h5,7,11,14H,6H2,1-4H3. The maximum absolute atomic E-state index is 9.70. The van der Waals surface area contributed by atoms with Crippen molar-refractivity contribution >= 4 is 0 Å². The van der Waals surface area contributed by atoms with Crippen molar-refractivity contribution in [3.05, 3.63) is 23.3 Å². The van der Waals surface area contributed by atoms with Crippen LogP contribution in [0.5, 0.6) is 0 Å². The molecule has 3 nitrogen and oxygen atoms in total. The maximum atomic E-state index is 9.70. The van der Waals surface area contributed by atoms with Gasteiger partial charge < -0.3 is 5.11 Å². The van der Waals surface area contributed by atoms with Crippen LogP contribution in [-0.4, -0.2) is 21.2 Å². The largest absolute Gasteiger partial charge is 0.392 e. The lowest BCUT2D eigenvalue weighted by Crippen LogP contribution is -2.18. The van der Waals surface area contributed by atoms with E-state index in [1.54, 1.807) is 0 Å². The van der Waals surface area contributed by atoms with Gasteiger partial charge in [0.15, 0.2) is 0 Å². The molecule has 1 heterocycles. The third kappa shape index (κ3) is 3.07. The Labute approximate surface area is 85.2 Å². The zero-order valence-electron chi connectivity index (χ0n) is 9.28. The van der Waals surface area contributed by atoms with Gasteiger partial charge in [-0.25, -0.2) is 9.97 Å². The number of hydrogen-bond donors (Lipinski definition) is 1. The number of aryl methyl sites for hydroxylation is 2. The van der Waals surface area contributed by atoms with Crippen LogP contribution >= 0.6 is 0 Å². The van der Waals surface area contributed by atoms with Crippen molar-refractivity contribution in [2.75, 3.05) is 0 Å². The highest BCUT2D eigenvalue weighted by Gasteiger charge is 2.11. The molecule has 3 heteroatoms. The summed E-state index contributed by atoms with van der Waals surface area (Å²) >= 11 is 0. The van der Waals surface area contributed by atoms with Gasteiger partial charge in [0.05, 0.1) is 6.10 Å². The summed E-state index contributed by atoms with van der Waals surface area (Å²) in [5.74, 6) is 1.04. The van der Waals surface area contributed by atoms with Crippen LogP contribution in [0, 0.1) is 19.8 Å². The van der Waals surface area contributed by atoms with Crippen LogP contribution in [0.2, 0.25) is 0 Å². The van der Waals surface area contributed by atoms with E-state index in [2.05, 4.69) is 9.97 Å². The quantitative estimate of drug-likeness (QED) is 0.795. The second kappa shape index (κ2) is 4.51. The van der Waals surface area contributed by atoms with Gasteiger partial charge in [0.2, 0.25) is 0 Å². The Balaban J connectivity index is 2.76. The minimum absolute atomic E-state index is 0.269. The van der Waals surface area contributed by atoms with E-state index >= 15 is 0 Å². The van der Waals surface area contributed by atoms with E-state index in [0.717, 1.165) is 17.2 Å². The van der Waals surface area contributed by atoms with Gasteiger partial charge in [-0.15, -0.1) is 0 Å². The molecule has 0 amide bonds. The molecule has 0 radical (unpaired) electrons. The van der Waals surface area contributed by atoms with Crippen LogP contribution in [0.25, 0.3) is 0 Å². The van der Waals surface area contributed by atoms with E-state index in [1.165, 1.54) is 0 Å². The molecule has 78 valence electrons. The molecule has 1 atom stereocenters. The summed E-state index contributed by atoms with van der Waals surface area (Å²) in [5.41, 5.74) is 1.89. The maximum Gasteiger partial charge on any atom is 0.125 e. The molecule has 0 fully saturated rings. The molecule has 0 aliphatic heterocycles. The van der Waals surface area contributed by atoms with Gasteiger partial charge in [0.1, 0.15) is 5.82 Å². The molecule has 1 rings (SSSR count). The molecular weight excluding hydrogens is 176 g/mol. The fraction of sp³-hybridized carbons (Fsp3) is 0.636. The second-order valence-corrected chi connectivity index (χ2v) is 4.06. The summed E-state index contributed by atoms with van der Waals surface area (Å²) in [6.07, 6.45) is 0.297. The fourth-order valence-corrected chi connectivity index (χ4v) is 1.35. The van der Waals surface area contributed by atoms with E-state index in [0.29, 0.717) is 6.42 Å². The Kier molecular flexibility index (Phi) is 3.58. The van der Waals surface area contributed by atoms with Crippen LogP contribution < -0.4 is 0 Å². The van der Waals surface area contributed by atoms with Crippen LogP contribution in [0.1, 0.15) is 31.1 Å². The molecule has 0 aliphatic rings.